The molecular weight excluding hydrogens is 498 g/mol. The molecule has 0 saturated heterocycles. The van der Waals surface area contributed by atoms with Crippen molar-refractivity contribution >= 4 is 24.2 Å². The monoisotopic (exact) mass is 539 g/mol. The Kier molecular flexibility index (Phi) is 14.2. The number of nitrogens with two attached hydrogens (primary N) is 1. The fourth-order valence-electron chi connectivity index (χ4n) is 3.00. The van der Waals surface area contributed by atoms with E-state index >= 15 is 0 Å². The number of esters is 2. The highest BCUT2D eigenvalue weighted by Crippen LogP contribution is 2.31. The van der Waals surface area contributed by atoms with Crippen molar-refractivity contribution in [2.75, 3.05) is 26.9 Å². The fourth-order valence-corrected chi connectivity index (χ4v) is 3.00. The highest BCUT2D eigenvalue weighted by molar-refractivity contribution is 5.81. The van der Waals surface area contributed by atoms with Crippen LogP contribution < -0.4 is 15.2 Å². The zero-order valence-electron chi connectivity index (χ0n) is 23.2. The molecule has 0 aliphatic rings. The van der Waals surface area contributed by atoms with E-state index in [2.05, 4.69) is 0 Å². The van der Waals surface area contributed by atoms with E-state index in [-0.39, 0.29) is 62.4 Å². The van der Waals surface area contributed by atoms with Crippen molar-refractivity contribution in [3.63, 3.8) is 0 Å². The van der Waals surface area contributed by atoms with E-state index in [9.17, 15) is 19.2 Å². The number of benzene rings is 1. The lowest BCUT2D eigenvalue weighted by molar-refractivity contribution is -0.151. The molecule has 38 heavy (non-hydrogen) atoms. The van der Waals surface area contributed by atoms with Gasteiger partial charge in [0.05, 0.1) is 26.9 Å². The third-order valence-corrected chi connectivity index (χ3v) is 5.97. The molecule has 1 aromatic carbocycles. The smallest absolute Gasteiger partial charge is 0.468 e. The van der Waals surface area contributed by atoms with Gasteiger partial charge in [-0.3, -0.25) is 9.59 Å². The lowest BCUT2D eigenvalue weighted by Crippen LogP contribution is -2.51. The summed E-state index contributed by atoms with van der Waals surface area (Å²) in [5.41, 5.74) is 5.27. The SMILES string of the molecule is CCC(=O)OCC[C@@](N)(Cc1ccc(OC(=O)OCC(C)CC)c(OC(=O)OCC(C)CC)c1)C(=O)OC. The van der Waals surface area contributed by atoms with Crippen LogP contribution in [0.3, 0.4) is 0 Å². The zero-order chi connectivity index (χ0) is 28.7. The Balaban J connectivity index is 3.17. The maximum absolute atomic E-state index is 12.5. The van der Waals surface area contributed by atoms with Gasteiger partial charge in [0.25, 0.3) is 0 Å². The van der Waals surface area contributed by atoms with E-state index in [1.165, 1.54) is 19.2 Å². The van der Waals surface area contributed by atoms with E-state index in [0.29, 0.717) is 5.56 Å². The van der Waals surface area contributed by atoms with Crippen LogP contribution >= 0.6 is 0 Å². The Labute approximate surface area is 224 Å². The van der Waals surface area contributed by atoms with Gasteiger partial charge in [-0.15, -0.1) is 0 Å². The van der Waals surface area contributed by atoms with Gasteiger partial charge in [0.2, 0.25) is 0 Å². The molecule has 2 N–H and O–H groups in total. The quantitative estimate of drug-likeness (QED) is 0.190. The summed E-state index contributed by atoms with van der Waals surface area (Å²) in [4.78, 5) is 48.6. The van der Waals surface area contributed by atoms with Gasteiger partial charge in [-0.05, 0) is 29.5 Å². The molecule has 0 aromatic heterocycles. The van der Waals surface area contributed by atoms with Gasteiger partial charge in [-0.1, -0.05) is 53.5 Å². The van der Waals surface area contributed by atoms with Crippen LogP contribution in [-0.2, 0) is 35.0 Å². The molecule has 11 nitrogen and oxygen atoms in total. The summed E-state index contributed by atoms with van der Waals surface area (Å²) in [7, 11) is 1.20. The number of rotatable bonds is 15. The zero-order valence-corrected chi connectivity index (χ0v) is 23.2. The van der Waals surface area contributed by atoms with Crippen LogP contribution in [0.4, 0.5) is 9.59 Å². The largest absolute Gasteiger partial charge is 0.513 e. The average molecular weight is 540 g/mol. The van der Waals surface area contributed by atoms with Crippen LogP contribution in [0.2, 0.25) is 0 Å². The highest BCUT2D eigenvalue weighted by atomic mass is 16.7. The number of ether oxygens (including phenoxy) is 6. The fraction of sp³-hybridized carbons (Fsp3) is 0.630. The number of carbonyl (C=O) groups excluding carboxylic acids is 4. The van der Waals surface area contributed by atoms with Crippen LogP contribution in [0.1, 0.15) is 65.9 Å². The lowest BCUT2D eigenvalue weighted by Gasteiger charge is -2.26. The summed E-state index contributed by atoms with van der Waals surface area (Å²) in [6, 6.07) is 4.35. The van der Waals surface area contributed by atoms with Gasteiger partial charge < -0.3 is 34.2 Å². The maximum atomic E-state index is 12.5. The molecule has 0 radical (unpaired) electrons. The Morgan fingerprint density at radius 3 is 1.92 bits per heavy atom. The van der Waals surface area contributed by atoms with E-state index in [0.717, 1.165) is 12.8 Å². The third-order valence-electron chi connectivity index (χ3n) is 5.97. The van der Waals surface area contributed by atoms with Gasteiger partial charge in [0, 0.05) is 19.3 Å². The summed E-state index contributed by atoms with van der Waals surface area (Å²) >= 11 is 0. The van der Waals surface area contributed by atoms with Crippen molar-refractivity contribution in [3.05, 3.63) is 23.8 Å². The molecule has 3 atom stereocenters. The van der Waals surface area contributed by atoms with Crippen molar-refractivity contribution in [3.8, 4) is 11.5 Å². The number of hydrogen-bond acceptors (Lipinski definition) is 11. The summed E-state index contributed by atoms with van der Waals surface area (Å²) < 4.78 is 30.8. The second-order valence-electron chi connectivity index (χ2n) is 9.28. The van der Waals surface area contributed by atoms with E-state index in [4.69, 9.17) is 34.2 Å². The summed E-state index contributed by atoms with van der Waals surface area (Å²) in [5, 5.41) is 0. The average Bonchev–Trinajstić information content (AvgIpc) is 2.90. The second kappa shape index (κ2) is 16.5. The Morgan fingerprint density at radius 1 is 0.868 bits per heavy atom. The normalized spacial score (nSPS) is 13.9. The van der Waals surface area contributed by atoms with Crippen LogP contribution in [0, 0.1) is 11.8 Å². The third kappa shape index (κ3) is 11.4. The first kappa shape index (κ1) is 32.7. The minimum absolute atomic E-state index is 0.0151. The first-order valence-electron chi connectivity index (χ1n) is 12.8. The van der Waals surface area contributed by atoms with Crippen molar-refractivity contribution in [1.82, 2.24) is 0 Å². The molecule has 0 aliphatic heterocycles. The van der Waals surface area contributed by atoms with Crippen LogP contribution in [0.5, 0.6) is 11.5 Å². The first-order valence-corrected chi connectivity index (χ1v) is 12.8. The summed E-state index contributed by atoms with van der Waals surface area (Å²) in [6.45, 7) is 9.64. The molecule has 214 valence electrons. The summed E-state index contributed by atoms with van der Waals surface area (Å²) in [6.07, 6.45) is -0.213. The molecule has 11 heteroatoms. The van der Waals surface area contributed by atoms with Crippen LogP contribution in [0.15, 0.2) is 18.2 Å². The first-order chi connectivity index (χ1) is 18.0. The predicted octanol–water partition coefficient (Wildman–Crippen LogP) is 4.57. The molecule has 0 amide bonds. The van der Waals surface area contributed by atoms with Gasteiger partial charge in [-0.2, -0.15) is 0 Å². The topological polar surface area (TPSA) is 150 Å². The number of hydrogen-bond donors (Lipinski definition) is 1. The van der Waals surface area contributed by atoms with Crippen molar-refractivity contribution in [2.45, 2.75) is 72.3 Å². The minimum Gasteiger partial charge on any atom is -0.468 e. The lowest BCUT2D eigenvalue weighted by atomic mass is 9.88. The summed E-state index contributed by atoms with van der Waals surface area (Å²) in [5.74, 6) is -1.08. The van der Waals surface area contributed by atoms with Gasteiger partial charge in [0.1, 0.15) is 5.54 Å². The molecule has 0 spiro atoms. The predicted molar refractivity (Wildman–Crippen MR) is 138 cm³/mol. The maximum Gasteiger partial charge on any atom is 0.513 e. The number of carbonyl (C=O) groups is 4. The Hall–Kier alpha value is -3.34. The molecule has 0 heterocycles. The molecule has 0 saturated carbocycles. The van der Waals surface area contributed by atoms with Crippen LogP contribution in [-0.4, -0.2) is 56.7 Å². The molecule has 1 rings (SSSR count). The van der Waals surface area contributed by atoms with Crippen molar-refractivity contribution in [2.24, 2.45) is 17.6 Å². The van der Waals surface area contributed by atoms with Gasteiger partial charge >= 0.3 is 24.2 Å². The molecule has 1 aromatic rings. The molecule has 0 bridgehead atoms. The van der Waals surface area contributed by atoms with Gasteiger partial charge in [-0.25, -0.2) is 9.59 Å². The molecule has 2 unspecified atom stereocenters. The van der Waals surface area contributed by atoms with E-state index in [1.807, 2.05) is 27.7 Å². The van der Waals surface area contributed by atoms with Crippen molar-refractivity contribution in [1.29, 1.82) is 0 Å². The second-order valence-corrected chi connectivity index (χ2v) is 9.28. The van der Waals surface area contributed by atoms with Gasteiger partial charge in [0.15, 0.2) is 11.5 Å². The molecule has 0 aliphatic carbocycles. The molecule has 0 fully saturated rings. The Morgan fingerprint density at radius 2 is 1.42 bits per heavy atom. The van der Waals surface area contributed by atoms with E-state index < -0.39 is 29.8 Å². The highest BCUT2D eigenvalue weighted by Gasteiger charge is 2.36. The van der Waals surface area contributed by atoms with Crippen molar-refractivity contribution < 1.29 is 47.6 Å². The standard InChI is InChI=1S/C27H41NO10/c1-7-18(4)16-35-25(31)37-21-11-10-20(14-22(21)38-26(32)36-17-19(5)8-2)15-27(28,24(30)33-6)12-13-34-23(29)9-3/h10-11,14,18-19H,7-9,12-13,15-17,28H2,1-6H3/t18?,19?,27-/m1/s1. The minimum atomic E-state index is -1.55. The van der Waals surface area contributed by atoms with Crippen LogP contribution in [0.25, 0.3) is 0 Å². The Bertz CT molecular complexity index is 934. The van der Waals surface area contributed by atoms with E-state index in [1.54, 1.807) is 13.0 Å². The molecular formula is C27H41NO10. The number of methoxy groups -OCH3 is 1.